The second-order valence-electron chi connectivity index (χ2n) is 5.18. The summed E-state index contributed by atoms with van der Waals surface area (Å²) in [6.07, 6.45) is -4.49. The third kappa shape index (κ3) is 5.49. The Morgan fingerprint density at radius 3 is 2.29 bits per heavy atom. The van der Waals surface area contributed by atoms with E-state index in [1.54, 1.807) is 54.6 Å². The quantitative estimate of drug-likeness (QED) is 0.823. The average molecular weight is 338 g/mol. The fourth-order valence-corrected chi connectivity index (χ4v) is 2.10. The summed E-state index contributed by atoms with van der Waals surface area (Å²) in [5.74, 6) is -0.503. The standard InChI is InChI=1S/C17H17F3N2O2/c18-17(19,20)12-22(10-13-6-2-1-3-7-13)16(23)11-24-15-9-5-4-8-14(15)21/h1-9H,10-12,21H2. The van der Waals surface area contributed by atoms with Gasteiger partial charge < -0.3 is 15.4 Å². The largest absolute Gasteiger partial charge is 0.482 e. The van der Waals surface area contributed by atoms with Gasteiger partial charge in [0.25, 0.3) is 5.91 Å². The zero-order chi connectivity index (χ0) is 17.6. The molecule has 4 nitrogen and oxygen atoms in total. The molecule has 0 saturated heterocycles. The monoisotopic (exact) mass is 338 g/mol. The molecule has 0 bridgehead atoms. The molecule has 0 aliphatic heterocycles. The zero-order valence-electron chi connectivity index (χ0n) is 12.8. The van der Waals surface area contributed by atoms with Gasteiger partial charge in [0.15, 0.2) is 6.61 Å². The molecule has 0 aliphatic rings. The van der Waals surface area contributed by atoms with Crippen molar-refractivity contribution in [3.05, 3.63) is 60.2 Å². The molecule has 1 amide bonds. The van der Waals surface area contributed by atoms with Crippen LogP contribution in [0.25, 0.3) is 0 Å². The van der Waals surface area contributed by atoms with Gasteiger partial charge in [0.2, 0.25) is 0 Å². The molecule has 0 fully saturated rings. The number of nitrogens with two attached hydrogens (primary N) is 1. The first-order chi connectivity index (χ1) is 11.3. The second-order valence-corrected chi connectivity index (χ2v) is 5.18. The molecule has 0 unspecified atom stereocenters. The second kappa shape index (κ2) is 7.72. The number of alkyl halides is 3. The molecule has 128 valence electrons. The summed E-state index contributed by atoms with van der Waals surface area (Å²) >= 11 is 0. The van der Waals surface area contributed by atoms with Gasteiger partial charge in [0.05, 0.1) is 5.69 Å². The van der Waals surface area contributed by atoms with Crippen molar-refractivity contribution < 1.29 is 22.7 Å². The van der Waals surface area contributed by atoms with Gasteiger partial charge >= 0.3 is 6.18 Å². The van der Waals surface area contributed by atoms with Crippen molar-refractivity contribution in [3.63, 3.8) is 0 Å². The van der Waals surface area contributed by atoms with Gasteiger partial charge in [-0.2, -0.15) is 13.2 Å². The van der Waals surface area contributed by atoms with Crippen molar-refractivity contribution in [3.8, 4) is 5.75 Å². The van der Waals surface area contributed by atoms with Crippen LogP contribution in [0.3, 0.4) is 0 Å². The van der Waals surface area contributed by atoms with Gasteiger partial charge in [0.1, 0.15) is 12.3 Å². The summed E-state index contributed by atoms with van der Waals surface area (Å²) in [5, 5.41) is 0. The average Bonchev–Trinajstić information content (AvgIpc) is 2.53. The molecule has 0 aromatic heterocycles. The summed E-state index contributed by atoms with van der Waals surface area (Å²) in [5.41, 5.74) is 6.60. The first kappa shape index (κ1) is 17.7. The lowest BCUT2D eigenvalue weighted by molar-refractivity contribution is -0.163. The minimum absolute atomic E-state index is 0.146. The van der Waals surface area contributed by atoms with Gasteiger partial charge in [0, 0.05) is 6.54 Å². The minimum atomic E-state index is -4.49. The van der Waals surface area contributed by atoms with E-state index in [0.29, 0.717) is 16.2 Å². The van der Waals surface area contributed by atoms with E-state index in [1.807, 2.05) is 0 Å². The highest BCUT2D eigenvalue weighted by Crippen LogP contribution is 2.21. The lowest BCUT2D eigenvalue weighted by Crippen LogP contribution is -2.41. The number of anilines is 1. The van der Waals surface area contributed by atoms with Crippen LogP contribution in [0.1, 0.15) is 5.56 Å². The van der Waals surface area contributed by atoms with Crippen LogP contribution in [-0.4, -0.2) is 30.1 Å². The lowest BCUT2D eigenvalue weighted by Gasteiger charge is -2.24. The number of nitrogen functional groups attached to an aromatic ring is 1. The first-order valence-corrected chi connectivity index (χ1v) is 7.21. The van der Waals surface area contributed by atoms with E-state index in [-0.39, 0.29) is 12.3 Å². The maximum absolute atomic E-state index is 12.7. The van der Waals surface area contributed by atoms with Crippen LogP contribution in [0.2, 0.25) is 0 Å². The molecule has 0 atom stereocenters. The molecule has 0 heterocycles. The van der Waals surface area contributed by atoms with E-state index in [4.69, 9.17) is 10.5 Å². The molecular weight excluding hydrogens is 321 g/mol. The van der Waals surface area contributed by atoms with E-state index in [0.717, 1.165) is 0 Å². The number of nitrogens with zero attached hydrogens (tertiary/aromatic N) is 1. The van der Waals surface area contributed by atoms with Crippen LogP contribution in [0.5, 0.6) is 5.75 Å². The highest BCUT2D eigenvalue weighted by atomic mass is 19.4. The number of benzene rings is 2. The van der Waals surface area contributed by atoms with E-state index >= 15 is 0 Å². The molecule has 2 rings (SSSR count). The van der Waals surface area contributed by atoms with Crippen LogP contribution in [0.15, 0.2) is 54.6 Å². The highest BCUT2D eigenvalue weighted by molar-refractivity contribution is 5.78. The molecule has 24 heavy (non-hydrogen) atoms. The Kier molecular flexibility index (Phi) is 5.68. The van der Waals surface area contributed by atoms with Crippen molar-refractivity contribution >= 4 is 11.6 Å². The lowest BCUT2D eigenvalue weighted by atomic mass is 10.2. The van der Waals surface area contributed by atoms with Gasteiger partial charge in [-0.25, -0.2) is 0 Å². The third-order valence-corrected chi connectivity index (χ3v) is 3.21. The Bertz CT molecular complexity index is 675. The van der Waals surface area contributed by atoms with Gasteiger partial charge in [-0.3, -0.25) is 4.79 Å². The fourth-order valence-electron chi connectivity index (χ4n) is 2.10. The Morgan fingerprint density at radius 2 is 1.67 bits per heavy atom. The van der Waals surface area contributed by atoms with E-state index in [1.165, 1.54) is 0 Å². The van der Waals surface area contributed by atoms with Crippen molar-refractivity contribution in [1.82, 2.24) is 4.90 Å². The fraction of sp³-hybridized carbons (Fsp3) is 0.235. The summed E-state index contributed by atoms with van der Waals surface area (Å²) in [4.78, 5) is 12.9. The summed E-state index contributed by atoms with van der Waals surface area (Å²) in [7, 11) is 0. The number of carbonyl (C=O) groups is 1. The van der Waals surface area contributed by atoms with E-state index in [2.05, 4.69) is 0 Å². The van der Waals surface area contributed by atoms with Crippen molar-refractivity contribution in [2.45, 2.75) is 12.7 Å². The molecule has 7 heteroatoms. The Balaban J connectivity index is 2.05. The van der Waals surface area contributed by atoms with E-state index in [9.17, 15) is 18.0 Å². The maximum Gasteiger partial charge on any atom is 0.406 e. The zero-order valence-corrected chi connectivity index (χ0v) is 12.8. The SMILES string of the molecule is Nc1ccccc1OCC(=O)N(Cc1ccccc1)CC(F)(F)F. The number of carbonyl (C=O) groups excluding carboxylic acids is 1. The number of ether oxygens (including phenoxy) is 1. The first-order valence-electron chi connectivity index (χ1n) is 7.21. The molecule has 2 aromatic rings. The third-order valence-electron chi connectivity index (χ3n) is 3.21. The maximum atomic E-state index is 12.7. The Hall–Kier alpha value is -2.70. The van der Waals surface area contributed by atoms with E-state index < -0.39 is 25.2 Å². The smallest absolute Gasteiger partial charge is 0.406 e. The summed E-state index contributed by atoms with van der Waals surface area (Å²) in [6, 6.07) is 15.0. The predicted molar refractivity (Wildman–Crippen MR) is 84.3 cm³/mol. The van der Waals surface area contributed by atoms with Gasteiger partial charge in [-0.1, -0.05) is 42.5 Å². The molecule has 2 aromatic carbocycles. The van der Waals surface area contributed by atoms with Crippen LogP contribution >= 0.6 is 0 Å². The normalized spacial score (nSPS) is 11.1. The minimum Gasteiger partial charge on any atom is -0.482 e. The molecule has 0 aliphatic carbocycles. The van der Waals surface area contributed by atoms with Gasteiger partial charge in [-0.05, 0) is 17.7 Å². The number of para-hydroxylation sites is 2. The Morgan fingerprint density at radius 1 is 1.04 bits per heavy atom. The molecule has 0 spiro atoms. The van der Waals surface area contributed by atoms with Crippen molar-refractivity contribution in [2.75, 3.05) is 18.9 Å². The predicted octanol–water partition coefficient (Wildman–Crippen LogP) is 3.24. The number of rotatable bonds is 6. The number of amides is 1. The molecule has 0 radical (unpaired) electrons. The van der Waals surface area contributed by atoms with Crippen LogP contribution in [0, 0.1) is 0 Å². The molecular formula is C17H17F3N2O2. The molecule has 2 N–H and O–H groups in total. The number of halogens is 3. The number of hydrogen-bond acceptors (Lipinski definition) is 3. The Labute approximate surface area is 137 Å². The number of hydrogen-bond donors (Lipinski definition) is 1. The highest BCUT2D eigenvalue weighted by Gasteiger charge is 2.33. The summed E-state index contributed by atoms with van der Waals surface area (Å²) < 4.78 is 43.5. The topological polar surface area (TPSA) is 55.6 Å². The molecule has 0 saturated carbocycles. The van der Waals surface area contributed by atoms with Crippen LogP contribution in [0.4, 0.5) is 18.9 Å². The van der Waals surface area contributed by atoms with Crippen LogP contribution in [-0.2, 0) is 11.3 Å². The van der Waals surface area contributed by atoms with Crippen molar-refractivity contribution in [1.29, 1.82) is 0 Å². The van der Waals surface area contributed by atoms with Crippen molar-refractivity contribution in [2.24, 2.45) is 0 Å². The van der Waals surface area contributed by atoms with Crippen LogP contribution < -0.4 is 10.5 Å². The summed E-state index contributed by atoms with van der Waals surface area (Å²) in [6.45, 7) is -2.00. The van der Waals surface area contributed by atoms with Gasteiger partial charge in [-0.15, -0.1) is 0 Å².